The van der Waals surface area contributed by atoms with Crippen molar-refractivity contribution in [1.29, 1.82) is 0 Å². The Balaban J connectivity index is 1.48. The Hall–Kier alpha value is -4.31. The first-order valence-electron chi connectivity index (χ1n) is 11.7. The van der Waals surface area contributed by atoms with Gasteiger partial charge in [0, 0.05) is 27.1 Å². The fourth-order valence-corrected chi connectivity index (χ4v) is 4.44. The minimum absolute atomic E-state index is 0.155. The molecule has 1 unspecified atom stereocenters. The Morgan fingerprint density at radius 1 is 1.19 bits per heavy atom. The van der Waals surface area contributed by atoms with Crippen LogP contribution in [-0.2, 0) is 4.79 Å². The Labute approximate surface area is 217 Å². The monoisotopic (exact) mass is 519 g/mol. The average molecular weight is 520 g/mol. The van der Waals surface area contributed by atoms with E-state index in [1.807, 2.05) is 30.5 Å². The lowest BCUT2D eigenvalue weighted by Gasteiger charge is -2.16. The van der Waals surface area contributed by atoms with Crippen LogP contribution in [0.5, 0.6) is 0 Å². The highest BCUT2D eigenvalue weighted by Crippen LogP contribution is 2.39. The third kappa shape index (κ3) is 5.44. The van der Waals surface area contributed by atoms with Gasteiger partial charge >= 0.3 is 5.97 Å². The molecule has 2 N–H and O–H groups in total. The summed E-state index contributed by atoms with van der Waals surface area (Å²) in [5.41, 5.74) is 3.71. The standard InChI is InChI=1S/C26H23ClN6O4/c1-37-33-14-18(21-13-19(27)7-11-23(21)32-15-28-30-31-32)6-10-24(33)22(12-16-2-3-16)25(34)29-20-8-4-17(5-9-20)26(35)36/h4-11,13-16,22H,2-3,12H2,1H3,(H-,29,34,35,36)/p+1. The number of aromatic nitrogens is 5. The smallest absolute Gasteiger partial charge is 0.335 e. The lowest BCUT2D eigenvalue weighted by Crippen LogP contribution is -2.47. The van der Waals surface area contributed by atoms with E-state index in [1.165, 1.54) is 18.5 Å². The molecular weight excluding hydrogens is 496 g/mol. The van der Waals surface area contributed by atoms with Crippen LogP contribution >= 0.6 is 11.6 Å². The molecule has 1 aliphatic rings. The lowest BCUT2D eigenvalue weighted by atomic mass is 9.95. The number of amides is 1. The number of nitrogens with one attached hydrogen (secondary N) is 1. The first-order chi connectivity index (χ1) is 17.9. The van der Waals surface area contributed by atoms with Crippen molar-refractivity contribution in [2.24, 2.45) is 5.92 Å². The van der Waals surface area contributed by atoms with Gasteiger partial charge in [0.25, 0.3) is 0 Å². The second kappa shape index (κ2) is 10.4. The molecule has 188 valence electrons. The van der Waals surface area contributed by atoms with Crippen LogP contribution in [0, 0.1) is 5.92 Å². The van der Waals surface area contributed by atoms with Gasteiger partial charge in [0.2, 0.25) is 17.8 Å². The van der Waals surface area contributed by atoms with Gasteiger partial charge in [-0.3, -0.25) is 9.63 Å². The Morgan fingerprint density at radius 2 is 1.97 bits per heavy atom. The molecule has 11 heteroatoms. The van der Waals surface area contributed by atoms with Crippen LogP contribution in [0.1, 0.15) is 41.2 Å². The van der Waals surface area contributed by atoms with Crippen molar-refractivity contribution < 1.29 is 24.3 Å². The molecule has 1 saturated carbocycles. The molecule has 1 amide bonds. The van der Waals surface area contributed by atoms with E-state index in [9.17, 15) is 9.59 Å². The number of rotatable bonds is 9. The first-order valence-corrected chi connectivity index (χ1v) is 12.1. The van der Waals surface area contributed by atoms with Crippen LogP contribution in [0.3, 0.4) is 0 Å². The summed E-state index contributed by atoms with van der Waals surface area (Å²) in [6.45, 7) is 0. The number of tetrazole rings is 1. The van der Waals surface area contributed by atoms with Gasteiger partial charge in [-0.2, -0.15) is 4.68 Å². The molecule has 2 aromatic carbocycles. The van der Waals surface area contributed by atoms with Crippen LogP contribution in [0.4, 0.5) is 5.69 Å². The summed E-state index contributed by atoms with van der Waals surface area (Å²) < 4.78 is 3.15. The second-order valence-corrected chi connectivity index (χ2v) is 9.31. The van der Waals surface area contributed by atoms with Gasteiger partial charge in [0.1, 0.15) is 19.4 Å². The fraction of sp³-hybridized carbons (Fsp3) is 0.231. The van der Waals surface area contributed by atoms with Crippen molar-refractivity contribution in [3.05, 3.63) is 83.4 Å². The molecule has 10 nitrogen and oxygen atoms in total. The number of halogens is 1. The maximum atomic E-state index is 13.4. The van der Waals surface area contributed by atoms with E-state index < -0.39 is 11.9 Å². The lowest BCUT2D eigenvalue weighted by molar-refractivity contribution is -0.890. The third-order valence-corrected chi connectivity index (χ3v) is 6.58. The topological polar surface area (TPSA) is 123 Å². The van der Waals surface area contributed by atoms with E-state index in [0.717, 1.165) is 29.7 Å². The molecule has 0 radical (unpaired) electrons. The second-order valence-electron chi connectivity index (χ2n) is 8.87. The van der Waals surface area contributed by atoms with Gasteiger partial charge in [-0.05, 0) is 71.3 Å². The van der Waals surface area contributed by atoms with Crippen LogP contribution < -0.4 is 14.9 Å². The number of carboxylic acids is 1. The summed E-state index contributed by atoms with van der Waals surface area (Å²) in [6, 6.07) is 15.3. The fourth-order valence-electron chi connectivity index (χ4n) is 4.27. The molecule has 2 heterocycles. The average Bonchev–Trinajstić information content (AvgIpc) is 3.57. The molecule has 2 aromatic heterocycles. The Morgan fingerprint density at radius 3 is 2.62 bits per heavy atom. The molecule has 0 spiro atoms. The van der Waals surface area contributed by atoms with Crippen LogP contribution in [0.2, 0.25) is 5.02 Å². The first kappa shape index (κ1) is 24.4. The quantitative estimate of drug-likeness (QED) is 0.324. The number of carbonyl (C=O) groups is 2. The zero-order valence-corrected chi connectivity index (χ0v) is 20.7. The normalized spacial score (nSPS) is 13.7. The summed E-state index contributed by atoms with van der Waals surface area (Å²) in [4.78, 5) is 30.3. The maximum Gasteiger partial charge on any atom is 0.335 e. The highest BCUT2D eigenvalue weighted by atomic mass is 35.5. The number of carboxylic acid groups (broad SMARTS) is 1. The number of aromatic carboxylic acids is 1. The van der Waals surface area contributed by atoms with Gasteiger partial charge in [-0.15, -0.1) is 5.10 Å². The SMILES string of the molecule is CO[n+]1cc(-c2cc(Cl)ccc2-n2cnnn2)ccc1C(CC1CC1)C(=O)Nc1ccc(C(=O)O)cc1. The van der Waals surface area contributed by atoms with Gasteiger partial charge < -0.3 is 10.4 Å². The van der Waals surface area contributed by atoms with Crippen molar-refractivity contribution in [3.8, 4) is 16.8 Å². The van der Waals surface area contributed by atoms with Gasteiger partial charge in [0.15, 0.2) is 0 Å². The van der Waals surface area contributed by atoms with Crippen molar-refractivity contribution in [3.63, 3.8) is 0 Å². The molecule has 1 aliphatic carbocycles. The summed E-state index contributed by atoms with van der Waals surface area (Å²) in [7, 11) is 1.55. The van der Waals surface area contributed by atoms with Gasteiger partial charge in [0.05, 0.1) is 16.8 Å². The summed E-state index contributed by atoms with van der Waals surface area (Å²) in [5.74, 6) is -1.22. The van der Waals surface area contributed by atoms with E-state index in [2.05, 4.69) is 20.8 Å². The van der Waals surface area contributed by atoms with E-state index in [4.69, 9.17) is 21.5 Å². The number of benzene rings is 2. The van der Waals surface area contributed by atoms with Crippen LogP contribution in [0.15, 0.2) is 67.1 Å². The van der Waals surface area contributed by atoms with E-state index in [-0.39, 0.29) is 11.5 Å². The predicted octanol–water partition coefficient (Wildman–Crippen LogP) is 3.55. The van der Waals surface area contributed by atoms with Gasteiger partial charge in [-0.25, -0.2) is 4.79 Å². The molecular formula is C26H24ClN6O4+. The van der Waals surface area contributed by atoms with E-state index in [0.29, 0.717) is 28.7 Å². The van der Waals surface area contributed by atoms with Crippen LogP contribution in [-0.4, -0.2) is 44.3 Å². The zero-order chi connectivity index (χ0) is 25.9. The van der Waals surface area contributed by atoms with E-state index in [1.54, 1.807) is 34.7 Å². The van der Waals surface area contributed by atoms with Crippen molar-refractivity contribution >= 4 is 29.2 Å². The molecule has 5 rings (SSSR count). The third-order valence-electron chi connectivity index (χ3n) is 6.35. The van der Waals surface area contributed by atoms with Crippen molar-refractivity contribution in [1.82, 2.24) is 20.2 Å². The molecule has 0 aliphatic heterocycles. The number of hydrogen-bond donors (Lipinski definition) is 2. The van der Waals surface area contributed by atoms with E-state index >= 15 is 0 Å². The molecule has 0 saturated heterocycles. The van der Waals surface area contributed by atoms with Gasteiger partial charge in [-0.1, -0.05) is 24.4 Å². The van der Waals surface area contributed by atoms with Crippen molar-refractivity contribution in [2.75, 3.05) is 12.4 Å². The minimum Gasteiger partial charge on any atom is -0.478 e. The number of anilines is 1. The van der Waals surface area contributed by atoms with Crippen molar-refractivity contribution in [2.45, 2.75) is 25.2 Å². The Bertz CT molecular complexity index is 1440. The summed E-state index contributed by atoms with van der Waals surface area (Å²) in [6.07, 6.45) is 6.16. The van der Waals surface area contributed by atoms with Crippen LogP contribution in [0.25, 0.3) is 16.8 Å². The highest BCUT2D eigenvalue weighted by molar-refractivity contribution is 6.31. The molecule has 37 heavy (non-hydrogen) atoms. The number of nitrogens with zero attached hydrogens (tertiary/aromatic N) is 5. The largest absolute Gasteiger partial charge is 0.478 e. The Kier molecular flexibility index (Phi) is 6.82. The zero-order valence-electron chi connectivity index (χ0n) is 19.9. The molecule has 1 fully saturated rings. The number of pyridine rings is 1. The number of carbonyl (C=O) groups excluding carboxylic acids is 1. The summed E-state index contributed by atoms with van der Waals surface area (Å²) >= 11 is 6.31. The molecule has 0 bridgehead atoms. The number of hydrogen-bond acceptors (Lipinski definition) is 6. The minimum atomic E-state index is -1.02. The maximum absolute atomic E-state index is 13.4. The highest BCUT2D eigenvalue weighted by Gasteiger charge is 2.36. The summed E-state index contributed by atoms with van der Waals surface area (Å²) in [5, 5.41) is 24.1. The molecule has 1 atom stereocenters. The predicted molar refractivity (Wildman–Crippen MR) is 134 cm³/mol. The molecule has 4 aromatic rings.